The number of carboxylic acid groups (broad SMARTS) is 1. The van der Waals surface area contributed by atoms with Crippen LogP contribution in [0.4, 0.5) is 18.9 Å². The summed E-state index contributed by atoms with van der Waals surface area (Å²) in [5.74, 6) is -3.09. The van der Waals surface area contributed by atoms with Gasteiger partial charge < -0.3 is 10.0 Å². The number of fused-ring (bicyclic) bond motifs is 1. The molecule has 0 unspecified atom stereocenters. The molecule has 1 aliphatic heterocycles. The summed E-state index contributed by atoms with van der Waals surface area (Å²) < 4.78 is 37.5. The molecule has 1 N–H and O–H groups in total. The quantitative estimate of drug-likeness (QED) is 0.853. The van der Waals surface area contributed by atoms with E-state index in [1.165, 1.54) is 25.1 Å². The number of anilines is 1. The number of benzene rings is 1. The Labute approximate surface area is 106 Å². The number of carbonyl (C=O) groups excluding carboxylic acids is 1. The molecule has 1 atom stereocenters. The number of aromatic carboxylic acids is 1. The van der Waals surface area contributed by atoms with Crippen LogP contribution in [-0.4, -0.2) is 29.2 Å². The standard InChI is InChI=1S/C12H10F3NO3/c1-6-4-8-5-7(10(17)18)2-3-9(8)16(6)11(19)12(13,14)15/h2-3,5-6H,4H2,1H3,(H,17,18)/t6-/m0/s1. The smallest absolute Gasteiger partial charge is 0.471 e. The van der Waals surface area contributed by atoms with Gasteiger partial charge in [-0.05, 0) is 37.1 Å². The Bertz CT molecular complexity index is 554. The number of alkyl halides is 3. The van der Waals surface area contributed by atoms with Gasteiger partial charge in [-0.25, -0.2) is 4.79 Å². The summed E-state index contributed by atoms with van der Waals surface area (Å²) in [4.78, 5) is 22.8. The van der Waals surface area contributed by atoms with Crippen LogP contribution in [0.1, 0.15) is 22.8 Å². The molecule has 1 heterocycles. The van der Waals surface area contributed by atoms with E-state index in [4.69, 9.17) is 5.11 Å². The van der Waals surface area contributed by atoms with Crippen molar-refractivity contribution < 1.29 is 27.9 Å². The molecule has 0 saturated heterocycles. The lowest BCUT2D eigenvalue weighted by Gasteiger charge is -2.23. The van der Waals surface area contributed by atoms with E-state index in [0.717, 1.165) is 0 Å². The van der Waals surface area contributed by atoms with E-state index in [-0.39, 0.29) is 17.7 Å². The van der Waals surface area contributed by atoms with Crippen LogP contribution >= 0.6 is 0 Å². The maximum absolute atomic E-state index is 12.5. The van der Waals surface area contributed by atoms with E-state index in [2.05, 4.69) is 0 Å². The van der Waals surface area contributed by atoms with Crippen molar-refractivity contribution >= 4 is 17.6 Å². The van der Waals surface area contributed by atoms with Gasteiger partial charge in [0, 0.05) is 11.7 Å². The maximum Gasteiger partial charge on any atom is 0.471 e. The second kappa shape index (κ2) is 4.25. The normalized spacial score (nSPS) is 18.3. The van der Waals surface area contributed by atoms with Crippen LogP contribution in [-0.2, 0) is 11.2 Å². The van der Waals surface area contributed by atoms with E-state index in [0.29, 0.717) is 10.5 Å². The molecule has 1 aromatic rings. The fraction of sp³-hybridized carbons (Fsp3) is 0.333. The Kier molecular flexibility index (Phi) is 3.00. The average molecular weight is 273 g/mol. The molecule has 1 aliphatic rings. The van der Waals surface area contributed by atoms with Gasteiger partial charge in [0.25, 0.3) is 0 Å². The first-order valence-electron chi connectivity index (χ1n) is 5.48. The molecule has 19 heavy (non-hydrogen) atoms. The minimum absolute atomic E-state index is 0.00717. The first-order chi connectivity index (χ1) is 8.71. The number of nitrogens with zero attached hydrogens (tertiary/aromatic N) is 1. The number of amides is 1. The van der Waals surface area contributed by atoms with E-state index >= 15 is 0 Å². The molecule has 4 nitrogen and oxygen atoms in total. The summed E-state index contributed by atoms with van der Waals surface area (Å²) in [6.45, 7) is 1.49. The fourth-order valence-corrected chi connectivity index (χ4v) is 2.21. The van der Waals surface area contributed by atoms with Gasteiger partial charge in [-0.15, -0.1) is 0 Å². The third-order valence-corrected chi connectivity index (χ3v) is 3.00. The minimum Gasteiger partial charge on any atom is -0.478 e. The first kappa shape index (κ1) is 13.4. The molecule has 0 bridgehead atoms. The number of carbonyl (C=O) groups is 2. The molecule has 2 rings (SSSR count). The van der Waals surface area contributed by atoms with Crippen LogP contribution in [0.3, 0.4) is 0 Å². The second-order valence-electron chi connectivity index (χ2n) is 4.37. The van der Waals surface area contributed by atoms with Crippen molar-refractivity contribution in [1.29, 1.82) is 0 Å². The van der Waals surface area contributed by atoms with Gasteiger partial charge in [0.2, 0.25) is 0 Å². The third-order valence-electron chi connectivity index (χ3n) is 3.00. The molecule has 0 aromatic heterocycles. The molecule has 0 spiro atoms. The van der Waals surface area contributed by atoms with Crippen LogP contribution < -0.4 is 4.90 Å². The van der Waals surface area contributed by atoms with Gasteiger partial charge in [0.05, 0.1) is 5.56 Å². The molecular formula is C12H10F3NO3. The Morgan fingerprint density at radius 1 is 1.37 bits per heavy atom. The van der Waals surface area contributed by atoms with Gasteiger partial charge in [0.15, 0.2) is 0 Å². The van der Waals surface area contributed by atoms with Crippen LogP contribution in [0.15, 0.2) is 18.2 Å². The molecule has 1 amide bonds. The van der Waals surface area contributed by atoms with Crippen molar-refractivity contribution in [2.75, 3.05) is 4.90 Å². The highest BCUT2D eigenvalue weighted by Gasteiger charge is 2.46. The van der Waals surface area contributed by atoms with E-state index in [9.17, 15) is 22.8 Å². The highest BCUT2D eigenvalue weighted by molar-refractivity contribution is 6.00. The highest BCUT2D eigenvalue weighted by Crippen LogP contribution is 2.35. The lowest BCUT2D eigenvalue weighted by atomic mass is 10.1. The largest absolute Gasteiger partial charge is 0.478 e. The van der Waals surface area contributed by atoms with Crippen molar-refractivity contribution in [2.24, 2.45) is 0 Å². The number of hydrogen-bond acceptors (Lipinski definition) is 2. The molecule has 0 aliphatic carbocycles. The summed E-state index contributed by atoms with van der Waals surface area (Å²) in [5.41, 5.74) is 0.553. The predicted molar refractivity (Wildman–Crippen MR) is 60.1 cm³/mol. The first-order valence-corrected chi connectivity index (χ1v) is 5.48. The van der Waals surface area contributed by atoms with E-state index in [1.54, 1.807) is 0 Å². The maximum atomic E-state index is 12.5. The van der Waals surface area contributed by atoms with Crippen molar-refractivity contribution in [3.05, 3.63) is 29.3 Å². The van der Waals surface area contributed by atoms with Gasteiger partial charge in [-0.3, -0.25) is 4.79 Å². The Balaban J connectivity index is 2.43. The summed E-state index contributed by atoms with van der Waals surface area (Å²) in [7, 11) is 0. The van der Waals surface area contributed by atoms with Gasteiger partial charge in [0.1, 0.15) is 0 Å². The average Bonchev–Trinajstić information content (AvgIpc) is 2.61. The number of halogens is 3. The van der Waals surface area contributed by atoms with E-state index < -0.39 is 24.1 Å². The van der Waals surface area contributed by atoms with E-state index in [1.807, 2.05) is 0 Å². The topological polar surface area (TPSA) is 57.6 Å². The Morgan fingerprint density at radius 3 is 2.53 bits per heavy atom. The zero-order chi connectivity index (χ0) is 14.4. The predicted octanol–water partition coefficient (Wildman–Crippen LogP) is 2.22. The zero-order valence-corrected chi connectivity index (χ0v) is 9.86. The minimum atomic E-state index is -4.94. The van der Waals surface area contributed by atoms with Crippen LogP contribution in [0.5, 0.6) is 0 Å². The third kappa shape index (κ3) is 2.27. The molecule has 0 fully saturated rings. The highest BCUT2D eigenvalue weighted by atomic mass is 19.4. The molecule has 1 aromatic carbocycles. The van der Waals surface area contributed by atoms with Crippen molar-refractivity contribution in [2.45, 2.75) is 25.6 Å². The van der Waals surface area contributed by atoms with Crippen LogP contribution in [0.2, 0.25) is 0 Å². The van der Waals surface area contributed by atoms with Gasteiger partial charge in [-0.1, -0.05) is 0 Å². The number of carboxylic acids is 1. The summed E-state index contributed by atoms with van der Waals surface area (Å²) in [6.07, 6.45) is -4.74. The summed E-state index contributed by atoms with van der Waals surface area (Å²) in [5, 5.41) is 8.83. The monoisotopic (exact) mass is 273 g/mol. The lowest BCUT2D eigenvalue weighted by Crippen LogP contribution is -2.44. The number of hydrogen-bond donors (Lipinski definition) is 1. The number of rotatable bonds is 1. The van der Waals surface area contributed by atoms with Crippen molar-refractivity contribution in [3.63, 3.8) is 0 Å². The summed E-state index contributed by atoms with van der Waals surface area (Å²) >= 11 is 0. The van der Waals surface area contributed by atoms with Crippen molar-refractivity contribution in [3.8, 4) is 0 Å². The van der Waals surface area contributed by atoms with Crippen LogP contribution in [0.25, 0.3) is 0 Å². The molecule has 7 heteroatoms. The van der Waals surface area contributed by atoms with Crippen LogP contribution in [0, 0.1) is 0 Å². The molecular weight excluding hydrogens is 263 g/mol. The second-order valence-corrected chi connectivity index (χ2v) is 4.37. The van der Waals surface area contributed by atoms with Gasteiger partial charge >= 0.3 is 18.1 Å². The van der Waals surface area contributed by atoms with Gasteiger partial charge in [-0.2, -0.15) is 13.2 Å². The molecule has 102 valence electrons. The zero-order valence-electron chi connectivity index (χ0n) is 9.86. The SMILES string of the molecule is C[C@H]1Cc2cc(C(=O)O)ccc2N1C(=O)C(F)(F)F. The molecule has 0 radical (unpaired) electrons. The lowest BCUT2D eigenvalue weighted by molar-refractivity contribution is -0.170. The Hall–Kier alpha value is -2.05. The Morgan fingerprint density at radius 2 is 2.00 bits per heavy atom. The van der Waals surface area contributed by atoms with Crippen molar-refractivity contribution in [1.82, 2.24) is 0 Å². The fourth-order valence-electron chi connectivity index (χ4n) is 2.21. The molecule has 0 saturated carbocycles. The summed E-state index contributed by atoms with van der Waals surface area (Å²) in [6, 6.07) is 3.09.